The number of amides is 2. The summed E-state index contributed by atoms with van der Waals surface area (Å²) in [7, 11) is 0. The minimum absolute atomic E-state index is 0.0215. The fraction of sp³-hybridized carbons (Fsp3) is 0.364. The van der Waals surface area contributed by atoms with Crippen LogP contribution in [-0.2, 0) is 22.6 Å². The molecule has 0 saturated carbocycles. The molecule has 1 heterocycles. The van der Waals surface area contributed by atoms with Gasteiger partial charge in [0.1, 0.15) is 0 Å². The zero-order chi connectivity index (χ0) is 20.8. The quantitative estimate of drug-likeness (QED) is 0.771. The van der Waals surface area contributed by atoms with Crippen molar-refractivity contribution in [2.24, 2.45) is 0 Å². The maximum Gasteiger partial charge on any atom is 0.228 e. The highest BCUT2D eigenvalue weighted by atomic mass is 35.5. The first-order valence-electron chi connectivity index (χ1n) is 9.68. The number of nitrogens with one attached hydrogen (secondary N) is 1. The average molecular weight is 417 g/mol. The number of carbonyl (C=O) groups is 2. The van der Waals surface area contributed by atoms with Crippen molar-refractivity contribution in [1.29, 1.82) is 0 Å². The molecule has 29 heavy (non-hydrogen) atoms. The monoisotopic (exact) mass is 416 g/mol. The molecule has 0 atom stereocenters. The Morgan fingerprint density at radius 1 is 1.14 bits per heavy atom. The van der Waals surface area contributed by atoms with E-state index in [9.17, 15) is 9.59 Å². The summed E-state index contributed by atoms with van der Waals surface area (Å²) in [5.74, 6) is 0.968. The van der Waals surface area contributed by atoms with Crippen LogP contribution in [0.2, 0.25) is 5.02 Å². The SMILES string of the molecule is CCN(Cc1cccc(NC(=O)Cc2cc(Cl)c3c(c2)OCCCO3)c1)C(C)=O. The van der Waals surface area contributed by atoms with Crippen LogP contribution in [0.5, 0.6) is 11.5 Å². The van der Waals surface area contributed by atoms with Crippen molar-refractivity contribution in [3.63, 3.8) is 0 Å². The Hall–Kier alpha value is -2.73. The van der Waals surface area contributed by atoms with E-state index in [0.717, 1.165) is 17.5 Å². The van der Waals surface area contributed by atoms with Crippen LogP contribution in [0.15, 0.2) is 36.4 Å². The maximum atomic E-state index is 12.5. The van der Waals surface area contributed by atoms with Gasteiger partial charge in [0.05, 0.1) is 24.7 Å². The van der Waals surface area contributed by atoms with E-state index in [0.29, 0.717) is 48.5 Å². The lowest BCUT2D eigenvalue weighted by Gasteiger charge is -2.19. The lowest BCUT2D eigenvalue weighted by molar-refractivity contribution is -0.129. The summed E-state index contributed by atoms with van der Waals surface area (Å²) >= 11 is 6.30. The smallest absolute Gasteiger partial charge is 0.228 e. The molecule has 154 valence electrons. The van der Waals surface area contributed by atoms with Crippen LogP contribution in [0.3, 0.4) is 0 Å². The van der Waals surface area contributed by atoms with Crippen molar-refractivity contribution in [2.75, 3.05) is 25.1 Å². The van der Waals surface area contributed by atoms with Crippen molar-refractivity contribution in [3.8, 4) is 11.5 Å². The van der Waals surface area contributed by atoms with Gasteiger partial charge >= 0.3 is 0 Å². The van der Waals surface area contributed by atoms with E-state index in [1.54, 1.807) is 24.0 Å². The highest BCUT2D eigenvalue weighted by Gasteiger charge is 2.17. The Morgan fingerprint density at radius 3 is 2.69 bits per heavy atom. The van der Waals surface area contributed by atoms with E-state index in [1.807, 2.05) is 31.2 Å². The lowest BCUT2D eigenvalue weighted by atomic mass is 10.1. The maximum absolute atomic E-state index is 12.5. The fourth-order valence-electron chi connectivity index (χ4n) is 3.19. The van der Waals surface area contributed by atoms with Crippen molar-refractivity contribution in [1.82, 2.24) is 4.90 Å². The summed E-state index contributed by atoms with van der Waals surface area (Å²) in [6, 6.07) is 11.0. The molecule has 0 fully saturated rings. The van der Waals surface area contributed by atoms with Gasteiger partial charge in [-0.2, -0.15) is 0 Å². The third-order valence-corrected chi connectivity index (χ3v) is 4.92. The number of anilines is 1. The second kappa shape index (κ2) is 9.65. The third kappa shape index (κ3) is 5.64. The van der Waals surface area contributed by atoms with E-state index >= 15 is 0 Å². The highest BCUT2D eigenvalue weighted by molar-refractivity contribution is 6.32. The predicted molar refractivity (Wildman–Crippen MR) is 113 cm³/mol. The number of hydrogen-bond acceptors (Lipinski definition) is 4. The molecule has 1 aliphatic rings. The Labute approximate surface area is 175 Å². The summed E-state index contributed by atoms with van der Waals surface area (Å²) < 4.78 is 11.3. The molecular weight excluding hydrogens is 392 g/mol. The van der Waals surface area contributed by atoms with Crippen molar-refractivity contribution in [2.45, 2.75) is 33.2 Å². The average Bonchev–Trinajstić information content (AvgIpc) is 2.92. The number of ether oxygens (including phenoxy) is 2. The summed E-state index contributed by atoms with van der Waals surface area (Å²) in [5.41, 5.74) is 2.40. The third-order valence-electron chi connectivity index (χ3n) is 4.64. The van der Waals surface area contributed by atoms with Gasteiger partial charge in [-0.3, -0.25) is 9.59 Å². The first kappa shape index (κ1) is 21.0. The second-order valence-electron chi connectivity index (χ2n) is 6.91. The number of hydrogen-bond donors (Lipinski definition) is 1. The Kier molecular flexibility index (Phi) is 6.99. The lowest BCUT2D eigenvalue weighted by Crippen LogP contribution is -2.27. The number of fused-ring (bicyclic) bond motifs is 1. The van der Waals surface area contributed by atoms with Crippen molar-refractivity contribution in [3.05, 3.63) is 52.5 Å². The second-order valence-corrected chi connectivity index (χ2v) is 7.32. The van der Waals surface area contributed by atoms with Crippen LogP contribution >= 0.6 is 11.6 Å². The van der Waals surface area contributed by atoms with Gasteiger partial charge in [-0.15, -0.1) is 0 Å². The molecule has 6 nitrogen and oxygen atoms in total. The van der Waals surface area contributed by atoms with Gasteiger partial charge in [0.25, 0.3) is 0 Å². The summed E-state index contributed by atoms with van der Waals surface area (Å²) in [6.07, 6.45) is 0.950. The first-order valence-corrected chi connectivity index (χ1v) is 10.1. The molecule has 0 spiro atoms. The van der Waals surface area contributed by atoms with Crippen LogP contribution in [0.25, 0.3) is 0 Å². The fourth-order valence-corrected chi connectivity index (χ4v) is 3.48. The molecule has 2 aromatic rings. The van der Waals surface area contributed by atoms with E-state index < -0.39 is 0 Å². The molecule has 2 amide bonds. The number of benzene rings is 2. The molecule has 0 bridgehead atoms. The largest absolute Gasteiger partial charge is 0.489 e. The first-order chi connectivity index (χ1) is 14.0. The summed E-state index contributed by atoms with van der Waals surface area (Å²) in [5, 5.41) is 3.35. The van der Waals surface area contributed by atoms with E-state index in [4.69, 9.17) is 21.1 Å². The Morgan fingerprint density at radius 2 is 1.93 bits per heavy atom. The normalized spacial score (nSPS) is 12.8. The van der Waals surface area contributed by atoms with Crippen LogP contribution in [-0.4, -0.2) is 36.5 Å². The van der Waals surface area contributed by atoms with Crippen molar-refractivity contribution >= 4 is 29.1 Å². The molecule has 7 heteroatoms. The summed E-state index contributed by atoms with van der Waals surface area (Å²) in [6.45, 7) is 5.75. The molecule has 3 rings (SSSR count). The van der Waals surface area contributed by atoms with Gasteiger partial charge in [0.2, 0.25) is 11.8 Å². The van der Waals surface area contributed by atoms with Gasteiger partial charge in [-0.05, 0) is 42.3 Å². The van der Waals surface area contributed by atoms with Gasteiger partial charge in [0, 0.05) is 32.1 Å². The highest BCUT2D eigenvalue weighted by Crippen LogP contribution is 2.38. The van der Waals surface area contributed by atoms with Gasteiger partial charge in [-0.1, -0.05) is 23.7 Å². The molecule has 0 aliphatic carbocycles. The van der Waals surface area contributed by atoms with Crippen LogP contribution in [0, 0.1) is 0 Å². The number of nitrogens with zero attached hydrogens (tertiary/aromatic N) is 1. The molecule has 0 unspecified atom stereocenters. The molecule has 2 aromatic carbocycles. The molecule has 0 saturated heterocycles. The minimum Gasteiger partial charge on any atom is -0.489 e. The van der Waals surface area contributed by atoms with Crippen LogP contribution in [0.4, 0.5) is 5.69 Å². The van der Waals surface area contributed by atoms with Gasteiger partial charge < -0.3 is 19.7 Å². The van der Waals surface area contributed by atoms with Crippen LogP contribution < -0.4 is 14.8 Å². The number of halogens is 1. The predicted octanol–water partition coefficient (Wildman–Crippen LogP) is 4.05. The zero-order valence-corrected chi connectivity index (χ0v) is 17.4. The minimum atomic E-state index is -0.161. The number of carbonyl (C=O) groups excluding carboxylic acids is 2. The molecule has 1 aliphatic heterocycles. The zero-order valence-electron chi connectivity index (χ0n) is 16.7. The molecular formula is C22H25ClN2O4. The number of rotatable bonds is 6. The Balaban J connectivity index is 1.67. The molecule has 0 aromatic heterocycles. The van der Waals surface area contributed by atoms with E-state index in [1.165, 1.54) is 0 Å². The van der Waals surface area contributed by atoms with Crippen LogP contribution in [0.1, 0.15) is 31.4 Å². The molecule has 0 radical (unpaired) electrons. The van der Waals surface area contributed by atoms with Gasteiger partial charge in [-0.25, -0.2) is 0 Å². The van der Waals surface area contributed by atoms with E-state index in [2.05, 4.69) is 5.32 Å². The summed E-state index contributed by atoms with van der Waals surface area (Å²) in [4.78, 5) is 25.9. The van der Waals surface area contributed by atoms with E-state index in [-0.39, 0.29) is 18.2 Å². The Bertz CT molecular complexity index is 900. The standard InChI is InChI=1S/C22H25ClN2O4/c1-3-25(15(2)26)14-16-6-4-7-18(10-16)24-21(27)13-17-11-19(23)22-20(12-17)28-8-5-9-29-22/h4,6-7,10-12H,3,5,8-9,13-14H2,1-2H3,(H,24,27). The van der Waals surface area contributed by atoms with Crippen molar-refractivity contribution < 1.29 is 19.1 Å². The van der Waals surface area contributed by atoms with Gasteiger partial charge in [0.15, 0.2) is 11.5 Å². The topological polar surface area (TPSA) is 67.9 Å². The molecule has 1 N–H and O–H groups in total.